The number of para-hydroxylation sites is 1. The Kier molecular flexibility index (Phi) is 7.17. The molecule has 0 aliphatic heterocycles. The second kappa shape index (κ2) is 12.4. The van der Waals surface area contributed by atoms with Crippen molar-refractivity contribution in [1.82, 2.24) is 19.5 Å². The first-order chi connectivity index (χ1) is 27.5. The van der Waals surface area contributed by atoms with Gasteiger partial charge in [0.1, 0.15) is 0 Å². The minimum absolute atomic E-state index is 0.0707. The summed E-state index contributed by atoms with van der Waals surface area (Å²) in [5.41, 5.74) is 13.9. The lowest BCUT2D eigenvalue weighted by Gasteiger charge is -2.21. The SMILES string of the molecule is CC1(C)c2ccccc2-c2cc(-c3cccc4c5ccc6ccccc6c5n(-c5nc(-c6ccccc6)nc(-c6ccc(-c7ccccc7)cc6)n5)c34)ccc21. The van der Waals surface area contributed by atoms with Gasteiger partial charge in [0.2, 0.25) is 5.95 Å². The second-order valence-corrected chi connectivity index (χ2v) is 15.2. The highest BCUT2D eigenvalue weighted by molar-refractivity contribution is 6.21. The first kappa shape index (κ1) is 32.3. The van der Waals surface area contributed by atoms with Crippen LogP contribution in [0.15, 0.2) is 182 Å². The van der Waals surface area contributed by atoms with Crippen LogP contribution in [-0.4, -0.2) is 19.5 Å². The van der Waals surface area contributed by atoms with Crippen LogP contribution in [0.2, 0.25) is 0 Å². The van der Waals surface area contributed by atoms with E-state index in [4.69, 9.17) is 15.0 Å². The molecule has 56 heavy (non-hydrogen) atoms. The molecule has 4 heteroatoms. The van der Waals surface area contributed by atoms with E-state index < -0.39 is 0 Å². The quantitative estimate of drug-likeness (QED) is 0.178. The van der Waals surface area contributed by atoms with Crippen LogP contribution >= 0.6 is 0 Å². The average molecular weight is 717 g/mol. The molecule has 0 saturated carbocycles. The zero-order valence-electron chi connectivity index (χ0n) is 31.1. The molecular formula is C52H36N4. The van der Waals surface area contributed by atoms with Gasteiger partial charge in [0.15, 0.2) is 11.6 Å². The van der Waals surface area contributed by atoms with Gasteiger partial charge in [0, 0.05) is 38.3 Å². The van der Waals surface area contributed by atoms with E-state index >= 15 is 0 Å². The van der Waals surface area contributed by atoms with Crippen LogP contribution in [0.1, 0.15) is 25.0 Å². The van der Waals surface area contributed by atoms with Crippen molar-refractivity contribution in [3.8, 4) is 62.1 Å². The van der Waals surface area contributed by atoms with Crippen molar-refractivity contribution in [1.29, 1.82) is 0 Å². The molecule has 10 aromatic rings. The molecule has 1 aliphatic carbocycles. The number of benzene rings is 8. The summed E-state index contributed by atoms with van der Waals surface area (Å²) < 4.78 is 2.30. The maximum atomic E-state index is 5.36. The normalized spacial score (nSPS) is 13.0. The van der Waals surface area contributed by atoms with Gasteiger partial charge in [-0.05, 0) is 50.4 Å². The van der Waals surface area contributed by atoms with Crippen molar-refractivity contribution < 1.29 is 0 Å². The van der Waals surface area contributed by atoms with Gasteiger partial charge in [-0.2, -0.15) is 9.97 Å². The zero-order valence-corrected chi connectivity index (χ0v) is 31.1. The number of rotatable bonds is 5. The third kappa shape index (κ3) is 4.96. The summed E-state index contributed by atoms with van der Waals surface area (Å²) in [6.07, 6.45) is 0. The van der Waals surface area contributed by atoms with Crippen LogP contribution in [-0.2, 0) is 5.41 Å². The van der Waals surface area contributed by atoms with Gasteiger partial charge in [0.05, 0.1) is 11.0 Å². The highest BCUT2D eigenvalue weighted by atomic mass is 15.2. The van der Waals surface area contributed by atoms with Crippen LogP contribution in [0.4, 0.5) is 0 Å². The van der Waals surface area contributed by atoms with E-state index in [1.165, 1.54) is 27.8 Å². The van der Waals surface area contributed by atoms with Gasteiger partial charge in [-0.25, -0.2) is 4.98 Å². The Balaban J connectivity index is 1.20. The molecule has 11 rings (SSSR count). The molecule has 0 saturated heterocycles. The topological polar surface area (TPSA) is 43.6 Å². The molecular weight excluding hydrogens is 681 g/mol. The fraction of sp³-hybridized carbons (Fsp3) is 0.0577. The predicted octanol–water partition coefficient (Wildman–Crippen LogP) is 13.1. The van der Waals surface area contributed by atoms with Gasteiger partial charge in [-0.3, -0.25) is 4.57 Å². The molecule has 0 atom stereocenters. The summed E-state index contributed by atoms with van der Waals surface area (Å²) in [4.78, 5) is 15.8. The van der Waals surface area contributed by atoms with Gasteiger partial charge in [-0.1, -0.05) is 190 Å². The van der Waals surface area contributed by atoms with E-state index in [0.717, 1.165) is 60.4 Å². The van der Waals surface area contributed by atoms with E-state index in [-0.39, 0.29) is 5.41 Å². The Morgan fingerprint density at radius 2 is 0.929 bits per heavy atom. The minimum Gasteiger partial charge on any atom is -0.277 e. The second-order valence-electron chi connectivity index (χ2n) is 15.2. The van der Waals surface area contributed by atoms with Gasteiger partial charge in [-0.15, -0.1) is 0 Å². The number of hydrogen-bond donors (Lipinski definition) is 0. The molecule has 4 nitrogen and oxygen atoms in total. The molecule has 264 valence electrons. The Bertz CT molecular complexity index is 3140. The predicted molar refractivity (Wildman–Crippen MR) is 231 cm³/mol. The summed E-state index contributed by atoms with van der Waals surface area (Å²) in [7, 11) is 0. The van der Waals surface area contributed by atoms with Crippen molar-refractivity contribution in [3.63, 3.8) is 0 Å². The molecule has 0 bridgehead atoms. The van der Waals surface area contributed by atoms with Crippen molar-refractivity contribution in [2.24, 2.45) is 0 Å². The van der Waals surface area contributed by atoms with Crippen LogP contribution in [0, 0.1) is 0 Å². The minimum atomic E-state index is -0.0707. The van der Waals surface area contributed by atoms with Crippen molar-refractivity contribution in [2.45, 2.75) is 19.3 Å². The van der Waals surface area contributed by atoms with E-state index in [0.29, 0.717) is 17.6 Å². The monoisotopic (exact) mass is 716 g/mol. The smallest absolute Gasteiger partial charge is 0.238 e. The molecule has 2 aromatic heterocycles. The Morgan fingerprint density at radius 3 is 1.71 bits per heavy atom. The third-order valence-corrected chi connectivity index (χ3v) is 11.7. The molecule has 8 aromatic carbocycles. The maximum Gasteiger partial charge on any atom is 0.238 e. The summed E-state index contributed by atoms with van der Waals surface area (Å²) >= 11 is 0. The van der Waals surface area contributed by atoms with Crippen LogP contribution < -0.4 is 0 Å². The number of aromatic nitrogens is 4. The summed E-state index contributed by atoms with van der Waals surface area (Å²) in [6, 6.07) is 64.8. The fourth-order valence-corrected chi connectivity index (χ4v) is 8.90. The van der Waals surface area contributed by atoms with E-state index in [1.54, 1.807) is 0 Å². The molecule has 0 N–H and O–H groups in total. The first-order valence-corrected chi connectivity index (χ1v) is 19.2. The Labute approximate surface area is 325 Å². The summed E-state index contributed by atoms with van der Waals surface area (Å²) in [5, 5.41) is 4.62. The molecule has 2 heterocycles. The Hall–Kier alpha value is -7.17. The average Bonchev–Trinajstić information content (AvgIpc) is 3.73. The summed E-state index contributed by atoms with van der Waals surface area (Å²) in [5.74, 6) is 1.83. The maximum absolute atomic E-state index is 5.36. The van der Waals surface area contributed by atoms with Crippen molar-refractivity contribution in [3.05, 3.63) is 193 Å². The molecule has 1 aliphatic rings. The highest BCUT2D eigenvalue weighted by Gasteiger charge is 2.35. The first-order valence-electron chi connectivity index (χ1n) is 19.2. The largest absolute Gasteiger partial charge is 0.277 e. The lowest BCUT2D eigenvalue weighted by molar-refractivity contribution is 0.660. The lowest BCUT2D eigenvalue weighted by Crippen LogP contribution is -2.14. The molecule has 0 amide bonds. The van der Waals surface area contributed by atoms with Gasteiger partial charge in [0.25, 0.3) is 0 Å². The van der Waals surface area contributed by atoms with Crippen molar-refractivity contribution in [2.75, 3.05) is 0 Å². The van der Waals surface area contributed by atoms with Crippen LogP contribution in [0.5, 0.6) is 0 Å². The van der Waals surface area contributed by atoms with E-state index in [1.807, 2.05) is 24.3 Å². The third-order valence-electron chi connectivity index (χ3n) is 11.7. The molecule has 0 fully saturated rings. The molecule has 0 unspecified atom stereocenters. The fourth-order valence-electron chi connectivity index (χ4n) is 8.90. The van der Waals surface area contributed by atoms with E-state index in [9.17, 15) is 0 Å². The van der Waals surface area contributed by atoms with E-state index in [2.05, 4.69) is 176 Å². The van der Waals surface area contributed by atoms with Gasteiger partial charge < -0.3 is 0 Å². The lowest BCUT2D eigenvalue weighted by atomic mass is 9.82. The molecule has 0 spiro atoms. The zero-order chi connectivity index (χ0) is 37.4. The standard InChI is InChI=1S/C52H36N4/c1-52(2)45-23-12-11-20-41(45)44-32-38(29-31-46(44)52)40-21-13-22-42-43-30-28-35-16-9-10-19-39(35)47(43)56(48(40)42)51-54-49(36-17-7-4-8-18-36)53-50(55-51)37-26-24-34(25-27-37)33-14-5-3-6-15-33/h3-32H,1-2H3. The Morgan fingerprint density at radius 1 is 0.375 bits per heavy atom. The summed E-state index contributed by atoms with van der Waals surface area (Å²) in [6.45, 7) is 4.66. The van der Waals surface area contributed by atoms with Crippen LogP contribution in [0.3, 0.4) is 0 Å². The molecule has 0 radical (unpaired) electrons. The van der Waals surface area contributed by atoms with Crippen molar-refractivity contribution >= 4 is 32.6 Å². The van der Waals surface area contributed by atoms with Crippen LogP contribution in [0.25, 0.3) is 94.7 Å². The van der Waals surface area contributed by atoms with Gasteiger partial charge >= 0.3 is 0 Å². The number of hydrogen-bond acceptors (Lipinski definition) is 3. The highest BCUT2D eigenvalue weighted by Crippen LogP contribution is 2.50. The number of fused-ring (bicyclic) bond motifs is 8. The number of nitrogens with zero attached hydrogens (tertiary/aromatic N) is 4.